The van der Waals surface area contributed by atoms with E-state index in [4.69, 9.17) is 4.74 Å². The molecule has 2 amide bonds. The highest BCUT2D eigenvalue weighted by Gasteiger charge is 2.50. The molecule has 9 heteroatoms. The zero-order valence-electron chi connectivity index (χ0n) is 20.7. The van der Waals surface area contributed by atoms with Crippen molar-refractivity contribution < 1.29 is 18.3 Å². The first kappa shape index (κ1) is 25.1. The maximum absolute atomic E-state index is 15.1. The number of aromatic nitrogens is 1. The lowest BCUT2D eigenvalue weighted by atomic mass is 9.85. The van der Waals surface area contributed by atoms with E-state index >= 15 is 8.78 Å². The number of ether oxygens (including phenoxy) is 1. The second kappa shape index (κ2) is 10.3. The number of halogens is 2. The Morgan fingerprint density at radius 2 is 1.82 bits per heavy atom. The van der Waals surface area contributed by atoms with Crippen LogP contribution in [0, 0.1) is 0 Å². The van der Waals surface area contributed by atoms with Gasteiger partial charge in [0.25, 0.3) is 5.92 Å². The van der Waals surface area contributed by atoms with Gasteiger partial charge in [-0.05, 0) is 39.7 Å². The number of carbonyl (C=O) groups is 1. The SMILES string of the molecule is CC(C)N1CCN([C@H]2CCCC(F)(F)[C@@H]2NC(=O)N2CCC(C)(Oc3ccccn3)CC2)CC1. The largest absolute Gasteiger partial charge is 0.471 e. The Morgan fingerprint density at radius 3 is 2.44 bits per heavy atom. The van der Waals surface area contributed by atoms with Crippen molar-refractivity contribution in [1.82, 2.24) is 25.0 Å². The van der Waals surface area contributed by atoms with E-state index in [1.807, 2.05) is 25.1 Å². The van der Waals surface area contributed by atoms with Crippen LogP contribution in [0.15, 0.2) is 24.4 Å². The van der Waals surface area contributed by atoms with Crippen molar-refractivity contribution in [3.8, 4) is 5.88 Å². The first-order chi connectivity index (χ1) is 16.2. The molecule has 4 rings (SSSR count). The molecule has 190 valence electrons. The van der Waals surface area contributed by atoms with E-state index < -0.39 is 23.6 Å². The van der Waals surface area contributed by atoms with Gasteiger partial charge in [-0.3, -0.25) is 9.80 Å². The number of hydrogen-bond acceptors (Lipinski definition) is 5. The molecule has 1 saturated carbocycles. The van der Waals surface area contributed by atoms with Crippen LogP contribution in [0.3, 0.4) is 0 Å². The Labute approximate surface area is 201 Å². The first-order valence-corrected chi connectivity index (χ1v) is 12.7. The van der Waals surface area contributed by atoms with Gasteiger partial charge in [-0.2, -0.15) is 0 Å². The van der Waals surface area contributed by atoms with Crippen LogP contribution < -0.4 is 10.1 Å². The lowest BCUT2D eigenvalue weighted by Crippen LogP contribution is -2.66. The monoisotopic (exact) mass is 479 g/mol. The van der Waals surface area contributed by atoms with E-state index in [2.05, 4.69) is 33.9 Å². The molecular weight excluding hydrogens is 440 g/mol. The zero-order valence-corrected chi connectivity index (χ0v) is 20.7. The molecule has 0 aromatic carbocycles. The maximum Gasteiger partial charge on any atom is 0.317 e. The number of hydrogen-bond donors (Lipinski definition) is 1. The van der Waals surface area contributed by atoms with E-state index in [1.54, 1.807) is 11.1 Å². The van der Waals surface area contributed by atoms with E-state index in [1.165, 1.54) is 0 Å². The van der Waals surface area contributed by atoms with Crippen LogP contribution in [0.4, 0.5) is 13.6 Å². The Hall–Kier alpha value is -2.00. The molecule has 0 bridgehead atoms. The minimum atomic E-state index is -2.90. The molecule has 2 atom stereocenters. The third-order valence-corrected chi connectivity index (χ3v) is 7.77. The number of piperazine rings is 1. The molecular formula is C25H39F2N5O2. The number of amides is 2. The summed E-state index contributed by atoms with van der Waals surface area (Å²) in [5.74, 6) is -2.34. The molecule has 3 aliphatic rings. The van der Waals surface area contributed by atoms with Crippen LogP contribution in [-0.4, -0.2) is 94.6 Å². The van der Waals surface area contributed by atoms with Crippen LogP contribution in [0.2, 0.25) is 0 Å². The quantitative estimate of drug-likeness (QED) is 0.699. The van der Waals surface area contributed by atoms with Crippen molar-refractivity contribution in [3.63, 3.8) is 0 Å². The summed E-state index contributed by atoms with van der Waals surface area (Å²) in [4.78, 5) is 23.5. The van der Waals surface area contributed by atoms with Crippen molar-refractivity contribution in [2.75, 3.05) is 39.3 Å². The fourth-order valence-corrected chi connectivity index (χ4v) is 5.50. The highest BCUT2D eigenvalue weighted by Crippen LogP contribution is 2.37. The Kier molecular flexibility index (Phi) is 7.62. The lowest BCUT2D eigenvalue weighted by molar-refractivity contribution is -0.0976. The van der Waals surface area contributed by atoms with Gasteiger partial charge in [0.15, 0.2) is 0 Å². The molecule has 2 saturated heterocycles. The number of alkyl halides is 2. The van der Waals surface area contributed by atoms with Gasteiger partial charge in [0.2, 0.25) is 5.88 Å². The molecule has 1 aromatic heterocycles. The molecule has 0 radical (unpaired) electrons. The second-order valence-corrected chi connectivity index (χ2v) is 10.5. The second-order valence-electron chi connectivity index (χ2n) is 10.5. The number of rotatable bonds is 5. The Balaban J connectivity index is 1.35. The highest BCUT2D eigenvalue weighted by atomic mass is 19.3. The smallest absolute Gasteiger partial charge is 0.317 e. The standard InChI is InChI=1S/C25H39F2N5O2/c1-19(2)30-15-17-31(18-16-30)20-7-6-9-25(26,27)22(20)29-23(33)32-13-10-24(3,11-14-32)34-21-8-4-5-12-28-21/h4-5,8,12,19-20,22H,6-7,9-11,13-18H2,1-3H3,(H,29,33)/t20-,22+/m0/s1. The highest BCUT2D eigenvalue weighted by molar-refractivity contribution is 5.75. The van der Waals surface area contributed by atoms with Crippen LogP contribution in [0.5, 0.6) is 5.88 Å². The van der Waals surface area contributed by atoms with Crippen LogP contribution in [0.1, 0.15) is 52.9 Å². The third kappa shape index (κ3) is 5.79. The van der Waals surface area contributed by atoms with Crippen molar-refractivity contribution in [2.45, 2.75) is 82.5 Å². The van der Waals surface area contributed by atoms with Gasteiger partial charge >= 0.3 is 6.03 Å². The van der Waals surface area contributed by atoms with Gasteiger partial charge in [-0.25, -0.2) is 18.6 Å². The number of nitrogens with one attached hydrogen (secondary N) is 1. The molecule has 1 N–H and O–H groups in total. The van der Waals surface area contributed by atoms with E-state index in [0.29, 0.717) is 50.7 Å². The summed E-state index contributed by atoms with van der Waals surface area (Å²) < 4.78 is 36.2. The van der Waals surface area contributed by atoms with Gasteiger partial charge in [0.05, 0.1) is 0 Å². The summed E-state index contributed by atoms with van der Waals surface area (Å²) in [5, 5.41) is 2.77. The fourth-order valence-electron chi connectivity index (χ4n) is 5.50. The zero-order chi connectivity index (χ0) is 24.3. The van der Waals surface area contributed by atoms with Crippen molar-refractivity contribution in [1.29, 1.82) is 0 Å². The average molecular weight is 480 g/mol. The molecule has 1 aliphatic carbocycles. The van der Waals surface area contributed by atoms with Crippen molar-refractivity contribution in [3.05, 3.63) is 24.4 Å². The summed E-state index contributed by atoms with van der Waals surface area (Å²) in [6, 6.07) is 4.10. The van der Waals surface area contributed by atoms with Gasteiger partial charge in [-0.1, -0.05) is 6.07 Å². The minimum absolute atomic E-state index is 0.170. The van der Waals surface area contributed by atoms with Gasteiger partial charge < -0.3 is 15.0 Å². The number of likely N-dealkylation sites (tertiary alicyclic amines) is 1. The maximum atomic E-state index is 15.1. The first-order valence-electron chi connectivity index (χ1n) is 12.7. The fraction of sp³-hybridized carbons (Fsp3) is 0.760. The number of pyridine rings is 1. The van der Waals surface area contributed by atoms with Crippen molar-refractivity contribution >= 4 is 6.03 Å². The number of piperidine rings is 1. The molecule has 34 heavy (non-hydrogen) atoms. The number of urea groups is 1. The molecule has 3 fully saturated rings. The van der Waals surface area contributed by atoms with E-state index in [9.17, 15) is 4.79 Å². The molecule has 7 nitrogen and oxygen atoms in total. The lowest BCUT2D eigenvalue weighted by Gasteiger charge is -2.48. The predicted molar refractivity (Wildman–Crippen MR) is 127 cm³/mol. The minimum Gasteiger partial charge on any atom is -0.471 e. The summed E-state index contributed by atoms with van der Waals surface area (Å²) in [5.41, 5.74) is -0.432. The summed E-state index contributed by atoms with van der Waals surface area (Å²) in [6.07, 6.45) is 3.94. The molecule has 0 unspecified atom stereocenters. The predicted octanol–water partition coefficient (Wildman–Crippen LogP) is 3.61. The van der Waals surface area contributed by atoms with Crippen LogP contribution >= 0.6 is 0 Å². The molecule has 3 heterocycles. The van der Waals surface area contributed by atoms with Crippen LogP contribution in [-0.2, 0) is 0 Å². The van der Waals surface area contributed by atoms with Gasteiger partial charge in [-0.15, -0.1) is 0 Å². The Morgan fingerprint density at radius 1 is 1.12 bits per heavy atom. The molecule has 1 aromatic rings. The normalized spacial score (nSPS) is 28.0. The number of nitrogens with zero attached hydrogens (tertiary/aromatic N) is 4. The molecule has 0 spiro atoms. The summed E-state index contributed by atoms with van der Waals surface area (Å²) >= 11 is 0. The average Bonchev–Trinajstić information content (AvgIpc) is 2.81. The third-order valence-electron chi connectivity index (χ3n) is 7.77. The number of carbonyl (C=O) groups excluding carboxylic acids is 1. The van der Waals surface area contributed by atoms with Gasteiger partial charge in [0, 0.05) is 82.9 Å². The van der Waals surface area contributed by atoms with Gasteiger partial charge in [0.1, 0.15) is 11.6 Å². The van der Waals surface area contributed by atoms with Crippen molar-refractivity contribution in [2.24, 2.45) is 0 Å². The Bertz CT molecular complexity index is 809. The molecule has 2 aliphatic heterocycles. The van der Waals surface area contributed by atoms with E-state index in [0.717, 1.165) is 26.2 Å². The van der Waals surface area contributed by atoms with Crippen LogP contribution in [0.25, 0.3) is 0 Å². The van der Waals surface area contributed by atoms with E-state index in [-0.39, 0.29) is 12.5 Å². The summed E-state index contributed by atoms with van der Waals surface area (Å²) in [6.45, 7) is 10.5. The topological polar surface area (TPSA) is 60.9 Å². The summed E-state index contributed by atoms with van der Waals surface area (Å²) in [7, 11) is 0.